The molecule has 164 valence electrons. The van der Waals surface area contributed by atoms with Gasteiger partial charge in [-0.3, -0.25) is 4.79 Å². The molecule has 0 bridgehead atoms. The van der Waals surface area contributed by atoms with Crippen molar-refractivity contribution in [3.05, 3.63) is 71.0 Å². The van der Waals surface area contributed by atoms with Gasteiger partial charge in [-0.1, -0.05) is 29.8 Å². The number of aliphatic hydroxyl groups excluding tert-OH is 1. The fourth-order valence-electron chi connectivity index (χ4n) is 4.33. The van der Waals surface area contributed by atoms with E-state index in [-0.39, 0.29) is 24.5 Å². The van der Waals surface area contributed by atoms with Gasteiger partial charge in [0.25, 0.3) is 5.91 Å². The maximum absolute atomic E-state index is 12.8. The molecule has 7 nitrogen and oxygen atoms in total. The Morgan fingerprint density at radius 1 is 1.19 bits per heavy atom. The van der Waals surface area contributed by atoms with Gasteiger partial charge in [-0.2, -0.15) is 0 Å². The first kappa shape index (κ1) is 20.9. The highest BCUT2D eigenvalue weighted by molar-refractivity contribution is 6.30. The van der Waals surface area contributed by atoms with Crippen LogP contribution >= 0.6 is 11.6 Å². The first-order chi connectivity index (χ1) is 15.5. The monoisotopic (exact) mass is 450 g/mol. The van der Waals surface area contributed by atoms with E-state index in [1.165, 1.54) is 4.90 Å². The molecule has 3 aromatic rings. The number of ether oxygens (including phenoxy) is 1. The minimum absolute atomic E-state index is 0.0768. The highest BCUT2D eigenvalue weighted by Crippen LogP contribution is 2.47. The number of carbonyl (C=O) groups is 1. The van der Waals surface area contributed by atoms with Gasteiger partial charge in [0.2, 0.25) is 5.95 Å². The number of likely N-dealkylation sites (N-methyl/N-ethyl adjacent to an activating group) is 1. The number of fused-ring (bicyclic) bond motifs is 2. The van der Waals surface area contributed by atoms with E-state index >= 15 is 0 Å². The summed E-state index contributed by atoms with van der Waals surface area (Å²) in [7, 11) is 1.68. The van der Waals surface area contributed by atoms with E-state index in [1.807, 2.05) is 42.5 Å². The Bertz CT molecular complexity index is 1160. The Hall–Kier alpha value is -3.00. The number of anilines is 2. The number of carbonyl (C=O) groups excluding carboxylic acids is 1. The number of hydrogen-bond acceptors (Lipinski definition) is 6. The van der Waals surface area contributed by atoms with Crippen LogP contribution < -0.4 is 4.90 Å². The third-order valence-electron chi connectivity index (χ3n) is 6.14. The summed E-state index contributed by atoms with van der Waals surface area (Å²) in [5.74, 6) is 0.443. The Labute approximate surface area is 191 Å². The van der Waals surface area contributed by atoms with E-state index < -0.39 is 0 Å². The lowest BCUT2D eigenvalue weighted by atomic mass is 9.80. The minimum Gasteiger partial charge on any atom is -0.395 e. The van der Waals surface area contributed by atoms with Crippen LogP contribution in [0.5, 0.6) is 0 Å². The molecule has 1 fully saturated rings. The van der Waals surface area contributed by atoms with Crippen LogP contribution in [0, 0.1) is 0 Å². The summed E-state index contributed by atoms with van der Waals surface area (Å²) in [6.07, 6.45) is 3.58. The highest BCUT2D eigenvalue weighted by atomic mass is 35.5. The smallest absolute Gasteiger partial charge is 0.253 e. The maximum atomic E-state index is 12.8. The Morgan fingerprint density at radius 3 is 2.62 bits per heavy atom. The number of nitrogens with zero attached hydrogens (tertiary/aromatic N) is 4. The van der Waals surface area contributed by atoms with Crippen molar-refractivity contribution in [1.82, 2.24) is 14.9 Å². The molecule has 5 rings (SSSR count). The molecular weight excluding hydrogens is 428 g/mol. The summed E-state index contributed by atoms with van der Waals surface area (Å²) in [5, 5.41) is 9.83. The van der Waals surface area contributed by atoms with Crippen molar-refractivity contribution in [3.63, 3.8) is 0 Å². The number of amides is 1. The van der Waals surface area contributed by atoms with Crippen LogP contribution in [0.3, 0.4) is 0 Å². The van der Waals surface area contributed by atoms with E-state index in [2.05, 4.69) is 14.9 Å². The third kappa shape index (κ3) is 3.52. The molecule has 1 saturated heterocycles. The van der Waals surface area contributed by atoms with Crippen LogP contribution in [0.25, 0.3) is 11.1 Å². The average molecular weight is 451 g/mol. The van der Waals surface area contributed by atoms with Gasteiger partial charge >= 0.3 is 0 Å². The molecule has 0 radical (unpaired) electrons. The lowest BCUT2D eigenvalue weighted by Gasteiger charge is -2.38. The zero-order chi connectivity index (χ0) is 22.3. The van der Waals surface area contributed by atoms with Gasteiger partial charge in [0.1, 0.15) is 0 Å². The Morgan fingerprint density at radius 2 is 1.97 bits per heavy atom. The van der Waals surface area contributed by atoms with E-state index in [1.54, 1.807) is 19.4 Å². The van der Waals surface area contributed by atoms with Crippen molar-refractivity contribution in [2.45, 2.75) is 5.41 Å². The normalized spacial score (nSPS) is 16.0. The minimum atomic E-state index is -0.134. The van der Waals surface area contributed by atoms with E-state index in [4.69, 9.17) is 21.4 Å². The summed E-state index contributed by atoms with van der Waals surface area (Å²) in [6, 6.07) is 13.3. The second-order valence-corrected chi connectivity index (χ2v) is 8.76. The summed E-state index contributed by atoms with van der Waals surface area (Å²) < 4.78 is 5.55. The maximum Gasteiger partial charge on any atom is 0.253 e. The molecule has 2 aliphatic heterocycles. The lowest BCUT2D eigenvalue weighted by Crippen LogP contribution is -2.49. The lowest BCUT2D eigenvalue weighted by molar-refractivity contribution is -0.0507. The van der Waals surface area contributed by atoms with E-state index in [0.717, 1.165) is 22.4 Å². The van der Waals surface area contributed by atoms with Crippen molar-refractivity contribution < 1.29 is 14.6 Å². The van der Waals surface area contributed by atoms with Gasteiger partial charge in [-0.25, -0.2) is 9.97 Å². The molecule has 2 aromatic carbocycles. The van der Waals surface area contributed by atoms with Crippen LogP contribution in [0.4, 0.5) is 11.6 Å². The van der Waals surface area contributed by atoms with Crippen LogP contribution in [-0.4, -0.2) is 65.8 Å². The number of rotatable bonds is 5. The standard InChI is InChI=1S/C24H23ClN4O3/c1-28(7-8-30)22(31)17-5-6-20-21(10-17)29(13-24(20)14-32-15-24)23-26-11-18(12-27-23)16-3-2-4-19(25)9-16/h2-6,9-12,30H,7-8,13-15H2,1H3. The quantitative estimate of drug-likeness (QED) is 0.642. The largest absolute Gasteiger partial charge is 0.395 e. The number of benzene rings is 2. The van der Waals surface area contributed by atoms with E-state index in [9.17, 15) is 4.79 Å². The predicted molar refractivity (Wildman–Crippen MR) is 122 cm³/mol. The van der Waals surface area contributed by atoms with Crippen LogP contribution in [0.2, 0.25) is 5.02 Å². The van der Waals surface area contributed by atoms with E-state index in [0.29, 0.717) is 36.3 Å². The number of halogens is 1. The molecule has 1 amide bonds. The number of aromatic nitrogens is 2. The zero-order valence-electron chi connectivity index (χ0n) is 17.7. The number of hydrogen-bond donors (Lipinski definition) is 1. The van der Waals surface area contributed by atoms with Crippen molar-refractivity contribution >= 4 is 29.1 Å². The zero-order valence-corrected chi connectivity index (χ0v) is 18.4. The highest BCUT2D eigenvalue weighted by Gasteiger charge is 2.49. The molecule has 0 atom stereocenters. The molecule has 0 unspecified atom stereocenters. The van der Waals surface area contributed by atoms with Gasteiger partial charge < -0.3 is 19.6 Å². The first-order valence-electron chi connectivity index (χ1n) is 10.4. The molecular formula is C24H23ClN4O3. The molecule has 1 N–H and O–H groups in total. The topological polar surface area (TPSA) is 78.8 Å². The summed E-state index contributed by atoms with van der Waals surface area (Å²) in [6.45, 7) is 2.17. The van der Waals surface area contributed by atoms with Gasteiger partial charge in [0, 0.05) is 54.4 Å². The van der Waals surface area contributed by atoms with Gasteiger partial charge in [0.15, 0.2) is 0 Å². The van der Waals surface area contributed by atoms with Gasteiger partial charge in [0.05, 0.1) is 25.2 Å². The Balaban J connectivity index is 1.49. The molecule has 8 heteroatoms. The third-order valence-corrected chi connectivity index (χ3v) is 6.38. The first-order valence-corrected chi connectivity index (χ1v) is 10.8. The number of aliphatic hydroxyl groups is 1. The molecule has 2 aliphatic rings. The second-order valence-electron chi connectivity index (χ2n) is 8.32. The SMILES string of the molecule is CN(CCO)C(=O)c1ccc2c(c1)N(c1ncc(-c3cccc(Cl)c3)cn1)CC21COC1. The Kier molecular flexibility index (Phi) is 5.33. The van der Waals surface area contributed by atoms with Crippen LogP contribution in [-0.2, 0) is 10.2 Å². The van der Waals surface area contributed by atoms with Crippen molar-refractivity contribution in [3.8, 4) is 11.1 Å². The predicted octanol–water partition coefficient (Wildman–Crippen LogP) is 3.28. The molecule has 1 aromatic heterocycles. The van der Waals surface area contributed by atoms with Crippen molar-refractivity contribution in [2.75, 3.05) is 44.9 Å². The summed E-state index contributed by atoms with van der Waals surface area (Å²) in [4.78, 5) is 25.6. The fourth-order valence-corrected chi connectivity index (χ4v) is 4.52. The molecule has 0 aliphatic carbocycles. The van der Waals surface area contributed by atoms with Crippen LogP contribution in [0.15, 0.2) is 54.9 Å². The fraction of sp³-hybridized carbons (Fsp3) is 0.292. The van der Waals surface area contributed by atoms with Gasteiger partial charge in [-0.05, 0) is 35.4 Å². The molecule has 32 heavy (non-hydrogen) atoms. The van der Waals surface area contributed by atoms with Crippen molar-refractivity contribution in [1.29, 1.82) is 0 Å². The van der Waals surface area contributed by atoms with Crippen LogP contribution in [0.1, 0.15) is 15.9 Å². The van der Waals surface area contributed by atoms with Crippen molar-refractivity contribution in [2.24, 2.45) is 0 Å². The summed E-state index contributed by atoms with van der Waals surface area (Å²) in [5.41, 5.74) is 4.36. The average Bonchev–Trinajstić information content (AvgIpc) is 3.14. The second kappa shape index (κ2) is 8.16. The molecule has 1 spiro atoms. The summed E-state index contributed by atoms with van der Waals surface area (Å²) >= 11 is 6.12. The molecule has 0 saturated carbocycles. The van der Waals surface area contributed by atoms with Gasteiger partial charge in [-0.15, -0.1) is 0 Å². The molecule has 3 heterocycles.